The molecule has 1 aliphatic rings. The van der Waals surface area contributed by atoms with Crippen molar-refractivity contribution in [2.24, 2.45) is 0 Å². The van der Waals surface area contributed by atoms with Crippen molar-refractivity contribution >= 4 is 38.8 Å². The second-order valence-electron chi connectivity index (χ2n) is 7.38. The molecule has 2 aromatic rings. The number of sulfonamides is 1. The predicted octanol–water partition coefficient (Wildman–Crippen LogP) is 1.35. The summed E-state index contributed by atoms with van der Waals surface area (Å²) in [5.74, 6) is -1.06. The van der Waals surface area contributed by atoms with Crippen molar-refractivity contribution in [1.29, 1.82) is 0 Å². The number of rotatable bonds is 8. The lowest BCUT2D eigenvalue weighted by atomic mass is 10.1. The third kappa shape index (κ3) is 6.65. The van der Waals surface area contributed by atoms with E-state index in [1.807, 2.05) is 24.3 Å². The highest BCUT2D eigenvalue weighted by atomic mass is 32.2. The molecule has 0 radical (unpaired) electrons. The molecule has 2 amide bonds. The van der Waals surface area contributed by atoms with E-state index in [1.165, 1.54) is 15.9 Å². The number of hydrogen-bond donors (Lipinski definition) is 1. The number of nitrogens with one attached hydrogen (secondary N) is 1. The fourth-order valence-corrected chi connectivity index (χ4v) is 4.43. The molecule has 0 atom stereocenters. The first-order valence-corrected chi connectivity index (χ1v) is 12.1. The molecule has 1 heterocycles. The Morgan fingerprint density at radius 3 is 2.30 bits per heavy atom. The maximum atomic E-state index is 12.5. The van der Waals surface area contributed by atoms with Crippen LogP contribution in [0, 0.1) is 0 Å². The van der Waals surface area contributed by atoms with Gasteiger partial charge in [-0.25, -0.2) is 17.9 Å². The van der Waals surface area contributed by atoms with Gasteiger partial charge in [0.25, 0.3) is 5.91 Å². The van der Waals surface area contributed by atoms with E-state index in [0.717, 1.165) is 10.8 Å². The van der Waals surface area contributed by atoms with Crippen molar-refractivity contribution in [3.05, 3.63) is 42.5 Å². The molecule has 0 aliphatic carbocycles. The van der Waals surface area contributed by atoms with Crippen LogP contribution in [0.15, 0.2) is 47.4 Å². The first-order valence-electron chi connectivity index (χ1n) is 10.6. The Hall–Kier alpha value is -3.18. The van der Waals surface area contributed by atoms with E-state index < -0.39 is 28.7 Å². The molecule has 0 spiro atoms. The van der Waals surface area contributed by atoms with E-state index in [1.54, 1.807) is 19.1 Å². The molecule has 33 heavy (non-hydrogen) atoms. The fourth-order valence-electron chi connectivity index (χ4n) is 3.36. The molecule has 0 bridgehead atoms. The highest BCUT2D eigenvalue weighted by Gasteiger charge is 2.25. The van der Waals surface area contributed by atoms with E-state index in [9.17, 15) is 22.8 Å². The monoisotopic (exact) mass is 477 g/mol. The van der Waals surface area contributed by atoms with Gasteiger partial charge < -0.3 is 19.3 Å². The highest BCUT2D eigenvalue weighted by molar-refractivity contribution is 7.89. The van der Waals surface area contributed by atoms with Crippen molar-refractivity contribution in [2.75, 3.05) is 45.9 Å². The number of carbonyl (C=O) groups is 3. The summed E-state index contributed by atoms with van der Waals surface area (Å²) >= 11 is 0. The Kier molecular flexibility index (Phi) is 8.23. The van der Waals surface area contributed by atoms with Gasteiger partial charge in [0.2, 0.25) is 10.0 Å². The number of hydrogen-bond acceptors (Lipinski definition) is 7. The summed E-state index contributed by atoms with van der Waals surface area (Å²) in [6, 6.07) is 12.2. The van der Waals surface area contributed by atoms with Crippen LogP contribution in [0.3, 0.4) is 0 Å². The SMILES string of the molecule is CCOC(=O)N1CCN(C(=O)COC(=O)CCNS(=O)(=O)c2ccc3ccccc3c2)CC1. The standard InChI is InChI=1S/C22H27N3O7S/c1-2-31-22(28)25-13-11-24(12-14-25)20(26)16-32-21(27)9-10-23-33(29,30)19-8-7-17-5-3-4-6-18(17)15-19/h3-8,15,23H,2,9-14,16H2,1H3. The molecular weight excluding hydrogens is 450 g/mol. The Morgan fingerprint density at radius 2 is 1.61 bits per heavy atom. The normalized spacial score (nSPS) is 14.2. The van der Waals surface area contributed by atoms with Crippen LogP contribution in [0.1, 0.15) is 13.3 Å². The van der Waals surface area contributed by atoms with Gasteiger partial charge in [0.1, 0.15) is 0 Å². The highest BCUT2D eigenvalue weighted by Crippen LogP contribution is 2.18. The molecule has 178 valence electrons. The first kappa shape index (κ1) is 24.5. The van der Waals surface area contributed by atoms with Crippen molar-refractivity contribution in [3.8, 4) is 0 Å². The minimum Gasteiger partial charge on any atom is -0.456 e. The Labute approximate surface area is 192 Å². The van der Waals surface area contributed by atoms with Gasteiger partial charge in [-0.15, -0.1) is 0 Å². The van der Waals surface area contributed by atoms with Crippen LogP contribution < -0.4 is 4.72 Å². The maximum absolute atomic E-state index is 12.5. The minimum absolute atomic E-state index is 0.103. The number of piperazine rings is 1. The summed E-state index contributed by atoms with van der Waals surface area (Å²) in [6.07, 6.45) is -0.626. The van der Waals surface area contributed by atoms with Crippen molar-refractivity contribution in [2.45, 2.75) is 18.2 Å². The Balaban J connectivity index is 1.39. The number of benzene rings is 2. The summed E-state index contributed by atoms with van der Waals surface area (Å²) in [6.45, 7) is 2.74. The van der Waals surface area contributed by atoms with Gasteiger partial charge in [-0.2, -0.15) is 0 Å². The van der Waals surface area contributed by atoms with E-state index in [4.69, 9.17) is 9.47 Å². The minimum atomic E-state index is -3.79. The second kappa shape index (κ2) is 11.1. The van der Waals surface area contributed by atoms with Gasteiger partial charge in [-0.05, 0) is 29.8 Å². The van der Waals surface area contributed by atoms with Crippen molar-refractivity contribution in [3.63, 3.8) is 0 Å². The third-order valence-electron chi connectivity index (χ3n) is 5.17. The zero-order chi connectivity index (χ0) is 23.8. The smallest absolute Gasteiger partial charge is 0.409 e. The molecule has 3 rings (SSSR count). The number of carbonyl (C=O) groups excluding carboxylic acids is 3. The van der Waals surface area contributed by atoms with Gasteiger partial charge in [0.15, 0.2) is 6.61 Å². The van der Waals surface area contributed by atoms with Crippen molar-refractivity contribution in [1.82, 2.24) is 14.5 Å². The lowest BCUT2D eigenvalue weighted by Crippen LogP contribution is -2.51. The van der Waals surface area contributed by atoms with Gasteiger partial charge >= 0.3 is 12.1 Å². The molecule has 11 heteroatoms. The van der Waals surface area contributed by atoms with Gasteiger partial charge in [0, 0.05) is 32.7 Å². The number of fused-ring (bicyclic) bond motifs is 1. The molecule has 1 fully saturated rings. The summed E-state index contributed by atoms with van der Waals surface area (Å²) in [5.41, 5.74) is 0. The molecule has 0 unspecified atom stereocenters. The van der Waals surface area contributed by atoms with Crippen LogP contribution in [-0.4, -0.2) is 82.1 Å². The van der Waals surface area contributed by atoms with E-state index >= 15 is 0 Å². The summed E-state index contributed by atoms with van der Waals surface area (Å²) < 4.78 is 37.3. The van der Waals surface area contributed by atoms with E-state index in [-0.39, 0.29) is 30.4 Å². The maximum Gasteiger partial charge on any atom is 0.409 e. The molecule has 2 aromatic carbocycles. The average molecular weight is 478 g/mol. The fraction of sp³-hybridized carbons (Fsp3) is 0.409. The molecule has 0 saturated carbocycles. The van der Waals surface area contributed by atoms with Crippen molar-refractivity contribution < 1.29 is 32.3 Å². The first-order chi connectivity index (χ1) is 15.8. The second-order valence-corrected chi connectivity index (χ2v) is 9.15. The number of esters is 1. The zero-order valence-corrected chi connectivity index (χ0v) is 19.2. The topological polar surface area (TPSA) is 122 Å². The largest absolute Gasteiger partial charge is 0.456 e. The molecule has 1 saturated heterocycles. The van der Waals surface area contributed by atoms with Crippen LogP contribution in [0.5, 0.6) is 0 Å². The lowest BCUT2D eigenvalue weighted by molar-refractivity contribution is -0.152. The molecule has 0 aromatic heterocycles. The van der Waals surface area contributed by atoms with Gasteiger partial charge in [0.05, 0.1) is 17.9 Å². The summed E-state index contributed by atoms with van der Waals surface area (Å²) in [4.78, 5) is 39.0. The number of nitrogens with zero attached hydrogens (tertiary/aromatic N) is 2. The van der Waals surface area contributed by atoms with Gasteiger partial charge in [-0.1, -0.05) is 30.3 Å². The van der Waals surface area contributed by atoms with Crippen LogP contribution >= 0.6 is 0 Å². The van der Waals surface area contributed by atoms with Gasteiger partial charge in [-0.3, -0.25) is 9.59 Å². The van der Waals surface area contributed by atoms with E-state index in [2.05, 4.69) is 4.72 Å². The number of ether oxygens (including phenoxy) is 2. The number of amides is 2. The van der Waals surface area contributed by atoms with Crippen LogP contribution in [0.25, 0.3) is 10.8 Å². The zero-order valence-electron chi connectivity index (χ0n) is 18.4. The summed E-state index contributed by atoms with van der Waals surface area (Å²) in [7, 11) is -3.79. The van der Waals surface area contributed by atoms with Crippen LogP contribution in [0.4, 0.5) is 4.79 Å². The Bertz CT molecular complexity index is 1110. The Morgan fingerprint density at radius 1 is 0.939 bits per heavy atom. The molecule has 1 aliphatic heterocycles. The third-order valence-corrected chi connectivity index (χ3v) is 6.63. The van der Waals surface area contributed by atoms with Crippen LogP contribution in [-0.2, 0) is 29.1 Å². The molecule has 1 N–H and O–H groups in total. The molecule has 10 nitrogen and oxygen atoms in total. The molecular formula is C22H27N3O7S. The lowest BCUT2D eigenvalue weighted by Gasteiger charge is -2.33. The summed E-state index contributed by atoms with van der Waals surface area (Å²) in [5, 5.41) is 1.72. The van der Waals surface area contributed by atoms with E-state index in [0.29, 0.717) is 26.2 Å². The quantitative estimate of drug-likeness (QED) is 0.570. The van der Waals surface area contributed by atoms with Crippen LogP contribution in [0.2, 0.25) is 0 Å². The average Bonchev–Trinajstić information content (AvgIpc) is 2.82. The predicted molar refractivity (Wildman–Crippen MR) is 120 cm³/mol.